The minimum atomic E-state index is -0.555. The zero-order valence-corrected chi connectivity index (χ0v) is 10.9. The first-order valence-corrected chi connectivity index (χ1v) is 6.10. The molecule has 0 fully saturated rings. The molecule has 0 aliphatic rings. The van der Waals surface area contributed by atoms with Crippen LogP contribution in [-0.4, -0.2) is 25.2 Å². The lowest BCUT2D eigenvalue weighted by Gasteiger charge is -2.14. The number of rotatable bonds is 8. The van der Waals surface area contributed by atoms with Gasteiger partial charge in [-0.3, -0.25) is 0 Å². The molecule has 0 rings (SSSR count). The molecule has 98 valence electrons. The van der Waals surface area contributed by atoms with E-state index in [-0.39, 0.29) is 6.10 Å². The molecule has 0 heterocycles. The van der Waals surface area contributed by atoms with Crippen LogP contribution in [0.4, 0.5) is 0 Å². The zero-order chi connectivity index (χ0) is 13.1. The van der Waals surface area contributed by atoms with Crippen molar-refractivity contribution in [1.29, 1.82) is 0 Å². The van der Waals surface area contributed by atoms with Crippen LogP contribution in [0.25, 0.3) is 0 Å². The summed E-state index contributed by atoms with van der Waals surface area (Å²) in [6, 6.07) is 0. The summed E-state index contributed by atoms with van der Waals surface area (Å²) < 4.78 is 9.59. The lowest BCUT2D eigenvalue weighted by molar-refractivity contribution is -0.144. The van der Waals surface area contributed by atoms with Gasteiger partial charge in [0.1, 0.15) is 6.10 Å². The maximum absolute atomic E-state index is 11.3. The molecule has 4 nitrogen and oxygen atoms in total. The summed E-state index contributed by atoms with van der Waals surface area (Å²) >= 11 is 0. The smallest absolute Gasteiger partial charge is 0.331 e. The summed E-state index contributed by atoms with van der Waals surface area (Å²) in [7, 11) is 1.26. The van der Waals surface area contributed by atoms with Crippen LogP contribution < -0.4 is 0 Å². The van der Waals surface area contributed by atoms with E-state index in [2.05, 4.69) is 11.7 Å². The van der Waals surface area contributed by atoms with E-state index in [0.717, 1.165) is 44.3 Å². The summed E-state index contributed by atoms with van der Waals surface area (Å²) in [5, 5.41) is 0. The second kappa shape index (κ2) is 9.87. The van der Waals surface area contributed by atoms with Crippen LogP contribution >= 0.6 is 0 Å². The Morgan fingerprint density at radius 3 is 2.29 bits per heavy atom. The van der Waals surface area contributed by atoms with Gasteiger partial charge in [-0.1, -0.05) is 26.7 Å². The maximum atomic E-state index is 11.3. The van der Waals surface area contributed by atoms with E-state index in [1.165, 1.54) is 7.11 Å². The predicted octanol–water partition coefficient (Wildman–Crippen LogP) is 2.62. The third-order valence-electron chi connectivity index (χ3n) is 2.42. The molecule has 0 aliphatic carbocycles. The molecule has 4 heteroatoms. The Morgan fingerprint density at radius 1 is 1.12 bits per heavy atom. The minimum Gasteiger partial charge on any atom is -0.466 e. The van der Waals surface area contributed by atoms with Crippen LogP contribution in [0.15, 0.2) is 12.2 Å². The molecule has 0 bridgehead atoms. The molecular weight excluding hydrogens is 220 g/mol. The molecule has 1 atom stereocenters. The van der Waals surface area contributed by atoms with Crippen molar-refractivity contribution in [1.82, 2.24) is 0 Å². The van der Waals surface area contributed by atoms with Gasteiger partial charge < -0.3 is 9.47 Å². The number of hydrogen-bond donors (Lipinski definition) is 0. The number of hydrogen-bond acceptors (Lipinski definition) is 4. The number of methoxy groups -OCH3 is 1. The summed E-state index contributed by atoms with van der Waals surface area (Å²) in [6.07, 6.45) is 7.14. The Balaban J connectivity index is 3.97. The van der Waals surface area contributed by atoms with Crippen LogP contribution in [0.1, 0.15) is 46.0 Å². The van der Waals surface area contributed by atoms with Crippen molar-refractivity contribution in [3.8, 4) is 0 Å². The van der Waals surface area contributed by atoms with Gasteiger partial charge >= 0.3 is 11.9 Å². The second-order valence-electron chi connectivity index (χ2n) is 3.82. The van der Waals surface area contributed by atoms with Crippen molar-refractivity contribution >= 4 is 11.9 Å². The quantitative estimate of drug-likeness (QED) is 0.373. The van der Waals surface area contributed by atoms with Crippen molar-refractivity contribution in [2.24, 2.45) is 0 Å². The normalized spacial score (nSPS) is 12.4. The van der Waals surface area contributed by atoms with E-state index in [0.29, 0.717) is 0 Å². The number of carbonyl (C=O) groups excluding carboxylic acids is 2. The van der Waals surface area contributed by atoms with Gasteiger partial charge in [0.2, 0.25) is 0 Å². The molecule has 0 radical (unpaired) electrons. The lowest BCUT2D eigenvalue weighted by atomic mass is 10.1. The predicted molar refractivity (Wildman–Crippen MR) is 65.5 cm³/mol. The molecule has 17 heavy (non-hydrogen) atoms. The SMILES string of the molecule is CCCCCC(CC)OC(=O)/C=C/C(=O)OC. The fraction of sp³-hybridized carbons (Fsp3) is 0.692. The number of ether oxygens (including phenoxy) is 2. The molecule has 0 aliphatic heterocycles. The van der Waals surface area contributed by atoms with Gasteiger partial charge in [-0.15, -0.1) is 0 Å². The largest absolute Gasteiger partial charge is 0.466 e. The van der Waals surface area contributed by atoms with Crippen molar-refractivity contribution in [3.05, 3.63) is 12.2 Å². The van der Waals surface area contributed by atoms with E-state index < -0.39 is 11.9 Å². The van der Waals surface area contributed by atoms with Gasteiger partial charge in [0.25, 0.3) is 0 Å². The summed E-state index contributed by atoms with van der Waals surface area (Å²) in [4.78, 5) is 22.1. The first-order valence-electron chi connectivity index (χ1n) is 6.10. The monoisotopic (exact) mass is 242 g/mol. The third kappa shape index (κ3) is 8.48. The summed E-state index contributed by atoms with van der Waals surface area (Å²) in [5.74, 6) is -1.04. The van der Waals surface area contributed by atoms with E-state index >= 15 is 0 Å². The van der Waals surface area contributed by atoms with Crippen molar-refractivity contribution in [2.45, 2.75) is 52.1 Å². The van der Waals surface area contributed by atoms with Gasteiger partial charge in [-0.05, 0) is 19.3 Å². The molecule has 0 amide bonds. The van der Waals surface area contributed by atoms with Gasteiger partial charge in [0.05, 0.1) is 7.11 Å². The molecule has 0 aromatic rings. The van der Waals surface area contributed by atoms with Crippen molar-refractivity contribution in [2.75, 3.05) is 7.11 Å². The van der Waals surface area contributed by atoms with Gasteiger partial charge in [0, 0.05) is 12.2 Å². The van der Waals surface area contributed by atoms with E-state index in [1.54, 1.807) is 0 Å². The van der Waals surface area contributed by atoms with E-state index in [1.807, 2.05) is 6.92 Å². The fourth-order valence-electron chi connectivity index (χ4n) is 1.38. The first-order chi connectivity index (χ1) is 8.13. The average molecular weight is 242 g/mol. The highest BCUT2D eigenvalue weighted by molar-refractivity contribution is 5.91. The Hall–Kier alpha value is -1.32. The standard InChI is InChI=1S/C13H22O4/c1-4-6-7-8-11(5-2)17-13(15)10-9-12(14)16-3/h9-11H,4-8H2,1-3H3/b10-9+. The highest BCUT2D eigenvalue weighted by Gasteiger charge is 2.10. The highest BCUT2D eigenvalue weighted by atomic mass is 16.5. The van der Waals surface area contributed by atoms with E-state index in [4.69, 9.17) is 4.74 Å². The molecule has 0 aromatic heterocycles. The van der Waals surface area contributed by atoms with Gasteiger partial charge in [-0.25, -0.2) is 9.59 Å². The number of carbonyl (C=O) groups is 2. The minimum absolute atomic E-state index is 0.0589. The third-order valence-corrected chi connectivity index (χ3v) is 2.42. The molecular formula is C13H22O4. The summed E-state index contributed by atoms with van der Waals surface area (Å²) in [5.41, 5.74) is 0. The van der Waals surface area contributed by atoms with E-state index in [9.17, 15) is 9.59 Å². The van der Waals surface area contributed by atoms with Crippen molar-refractivity contribution < 1.29 is 19.1 Å². The topological polar surface area (TPSA) is 52.6 Å². The summed E-state index contributed by atoms with van der Waals surface area (Å²) in [6.45, 7) is 4.11. The fourth-order valence-corrected chi connectivity index (χ4v) is 1.38. The lowest BCUT2D eigenvalue weighted by Crippen LogP contribution is -2.16. The van der Waals surface area contributed by atoms with Gasteiger partial charge in [-0.2, -0.15) is 0 Å². The maximum Gasteiger partial charge on any atom is 0.331 e. The molecule has 1 unspecified atom stereocenters. The molecule has 0 saturated carbocycles. The highest BCUT2D eigenvalue weighted by Crippen LogP contribution is 2.10. The first kappa shape index (κ1) is 15.7. The molecule has 0 aromatic carbocycles. The number of esters is 2. The van der Waals surface area contributed by atoms with Crippen LogP contribution in [0.3, 0.4) is 0 Å². The Bertz CT molecular complexity index is 258. The average Bonchev–Trinajstić information content (AvgIpc) is 2.34. The van der Waals surface area contributed by atoms with Crippen LogP contribution in [0, 0.1) is 0 Å². The van der Waals surface area contributed by atoms with Gasteiger partial charge in [0.15, 0.2) is 0 Å². The Morgan fingerprint density at radius 2 is 1.76 bits per heavy atom. The second-order valence-corrected chi connectivity index (χ2v) is 3.82. The van der Waals surface area contributed by atoms with Crippen LogP contribution in [0.5, 0.6) is 0 Å². The van der Waals surface area contributed by atoms with Crippen molar-refractivity contribution in [3.63, 3.8) is 0 Å². The molecule has 0 spiro atoms. The molecule has 0 saturated heterocycles. The van der Waals surface area contributed by atoms with Crippen LogP contribution in [0.2, 0.25) is 0 Å². The zero-order valence-electron chi connectivity index (χ0n) is 10.9. The number of unbranched alkanes of at least 4 members (excludes halogenated alkanes) is 2. The van der Waals surface area contributed by atoms with Crippen LogP contribution in [-0.2, 0) is 19.1 Å². The Kier molecular flexibility index (Phi) is 9.11. The Labute approximate surface area is 103 Å². The molecule has 0 N–H and O–H groups in total.